The lowest BCUT2D eigenvalue weighted by molar-refractivity contribution is 0.0953. The number of aryl methyl sites for hydroxylation is 1. The molecule has 1 N–H and O–H groups in total. The zero-order valence-corrected chi connectivity index (χ0v) is 13.8. The molecule has 23 heavy (non-hydrogen) atoms. The van der Waals surface area contributed by atoms with Gasteiger partial charge in [-0.2, -0.15) is 0 Å². The van der Waals surface area contributed by atoms with Crippen LogP contribution in [0.5, 0.6) is 0 Å². The van der Waals surface area contributed by atoms with Crippen molar-refractivity contribution in [3.05, 3.63) is 76.8 Å². The largest absolute Gasteiger partial charge is 0.352 e. The Bertz CT molecular complexity index is 782. The number of aromatic nitrogens is 1. The Kier molecular flexibility index (Phi) is 4.83. The molecule has 3 aromatic rings. The van der Waals surface area contributed by atoms with Crippen LogP contribution in [0.1, 0.15) is 21.6 Å². The van der Waals surface area contributed by atoms with Crippen molar-refractivity contribution in [2.75, 3.05) is 6.54 Å². The Labute approximate surface area is 140 Å². The molecule has 1 amide bonds. The molecule has 2 heterocycles. The Morgan fingerprint density at radius 2 is 1.91 bits per heavy atom. The quantitative estimate of drug-likeness (QED) is 0.768. The van der Waals surface area contributed by atoms with E-state index in [4.69, 9.17) is 0 Å². The maximum absolute atomic E-state index is 12.3. The number of thiophene rings is 1. The number of nitrogens with zero attached hydrogens (tertiary/aromatic N) is 1. The lowest BCUT2D eigenvalue weighted by Gasteiger charge is -2.08. The lowest BCUT2D eigenvalue weighted by Crippen LogP contribution is -2.26. The van der Waals surface area contributed by atoms with E-state index in [0.29, 0.717) is 12.1 Å². The molecule has 116 valence electrons. The van der Waals surface area contributed by atoms with Crippen LogP contribution in [0.25, 0.3) is 10.6 Å². The van der Waals surface area contributed by atoms with Gasteiger partial charge in [-0.25, -0.2) is 0 Å². The van der Waals surface area contributed by atoms with Crippen molar-refractivity contribution in [2.45, 2.75) is 13.3 Å². The number of pyridine rings is 1. The van der Waals surface area contributed by atoms with E-state index >= 15 is 0 Å². The number of hydrogen-bond donors (Lipinski definition) is 1. The van der Waals surface area contributed by atoms with Gasteiger partial charge in [-0.05, 0) is 42.5 Å². The normalized spacial score (nSPS) is 10.5. The summed E-state index contributed by atoms with van der Waals surface area (Å²) < 4.78 is 0. The van der Waals surface area contributed by atoms with E-state index in [2.05, 4.69) is 22.4 Å². The summed E-state index contributed by atoms with van der Waals surface area (Å²) in [5, 5.41) is 4.99. The van der Waals surface area contributed by atoms with Gasteiger partial charge in [0.15, 0.2) is 0 Å². The number of hydrogen-bond acceptors (Lipinski definition) is 3. The van der Waals surface area contributed by atoms with Crippen LogP contribution in [-0.4, -0.2) is 17.4 Å². The molecule has 0 atom stereocenters. The molecule has 0 saturated heterocycles. The van der Waals surface area contributed by atoms with Crippen LogP contribution in [0.15, 0.2) is 60.0 Å². The van der Waals surface area contributed by atoms with Crippen molar-refractivity contribution in [1.29, 1.82) is 0 Å². The monoisotopic (exact) mass is 322 g/mol. The number of benzene rings is 1. The average Bonchev–Trinajstić information content (AvgIpc) is 3.10. The van der Waals surface area contributed by atoms with Crippen molar-refractivity contribution in [3.63, 3.8) is 0 Å². The minimum absolute atomic E-state index is 0.0661. The standard InChI is InChI=1S/C19H18N2OS/c1-14-16(9-10-17(21-14)18-8-5-13-23-18)19(22)20-12-11-15-6-3-2-4-7-15/h2-10,13H,11-12H2,1H3,(H,20,22). The predicted molar refractivity (Wildman–Crippen MR) is 94.8 cm³/mol. The third-order valence-electron chi connectivity index (χ3n) is 3.65. The molecule has 1 aromatic carbocycles. The summed E-state index contributed by atoms with van der Waals surface area (Å²) in [4.78, 5) is 18.0. The van der Waals surface area contributed by atoms with Gasteiger partial charge in [-0.1, -0.05) is 36.4 Å². The highest BCUT2D eigenvalue weighted by Gasteiger charge is 2.11. The third kappa shape index (κ3) is 3.85. The van der Waals surface area contributed by atoms with Crippen molar-refractivity contribution in [2.24, 2.45) is 0 Å². The molecular formula is C19H18N2OS. The molecule has 0 aliphatic rings. The summed E-state index contributed by atoms with van der Waals surface area (Å²) >= 11 is 1.65. The molecule has 3 nitrogen and oxygen atoms in total. The van der Waals surface area contributed by atoms with Crippen LogP contribution in [0.3, 0.4) is 0 Å². The average molecular weight is 322 g/mol. The fraction of sp³-hybridized carbons (Fsp3) is 0.158. The smallest absolute Gasteiger partial charge is 0.253 e. The second-order valence-electron chi connectivity index (χ2n) is 5.30. The van der Waals surface area contributed by atoms with E-state index in [9.17, 15) is 4.79 Å². The minimum Gasteiger partial charge on any atom is -0.352 e. The molecule has 0 unspecified atom stereocenters. The number of carbonyl (C=O) groups excluding carboxylic acids is 1. The van der Waals surface area contributed by atoms with Gasteiger partial charge >= 0.3 is 0 Å². The van der Waals surface area contributed by atoms with E-state index in [1.54, 1.807) is 11.3 Å². The SMILES string of the molecule is Cc1nc(-c2cccs2)ccc1C(=O)NCCc1ccccc1. The van der Waals surface area contributed by atoms with Crippen LogP contribution in [0, 0.1) is 6.92 Å². The molecule has 0 aliphatic carbocycles. The topological polar surface area (TPSA) is 42.0 Å². The molecule has 0 bridgehead atoms. The van der Waals surface area contributed by atoms with Crippen molar-refractivity contribution in [3.8, 4) is 10.6 Å². The van der Waals surface area contributed by atoms with Gasteiger partial charge in [0, 0.05) is 6.54 Å². The predicted octanol–water partition coefficient (Wildman–Crippen LogP) is 4.09. The zero-order valence-electron chi connectivity index (χ0n) is 13.0. The first-order chi connectivity index (χ1) is 11.2. The van der Waals surface area contributed by atoms with Crippen LogP contribution in [0.2, 0.25) is 0 Å². The van der Waals surface area contributed by atoms with Crippen LogP contribution < -0.4 is 5.32 Å². The fourth-order valence-corrected chi connectivity index (χ4v) is 3.12. The summed E-state index contributed by atoms with van der Waals surface area (Å²) in [6.07, 6.45) is 0.826. The first-order valence-electron chi connectivity index (χ1n) is 7.57. The Hall–Kier alpha value is -2.46. The summed E-state index contributed by atoms with van der Waals surface area (Å²) in [6.45, 7) is 2.50. The molecule has 0 aliphatic heterocycles. The van der Waals surface area contributed by atoms with Gasteiger partial charge in [-0.3, -0.25) is 9.78 Å². The summed E-state index contributed by atoms with van der Waals surface area (Å²) in [6, 6.07) is 17.9. The molecule has 0 fully saturated rings. The van der Waals surface area contributed by atoms with Crippen LogP contribution in [0.4, 0.5) is 0 Å². The molecule has 2 aromatic heterocycles. The molecule has 0 spiro atoms. The van der Waals surface area contributed by atoms with Crippen LogP contribution in [-0.2, 0) is 6.42 Å². The lowest BCUT2D eigenvalue weighted by atomic mass is 10.1. The molecule has 0 saturated carbocycles. The molecule has 0 radical (unpaired) electrons. The van der Waals surface area contributed by atoms with Crippen molar-refractivity contribution < 1.29 is 4.79 Å². The van der Waals surface area contributed by atoms with Crippen molar-refractivity contribution >= 4 is 17.2 Å². The minimum atomic E-state index is -0.0661. The van der Waals surface area contributed by atoms with E-state index in [0.717, 1.165) is 22.7 Å². The van der Waals surface area contributed by atoms with E-state index in [1.807, 2.05) is 54.8 Å². The van der Waals surface area contributed by atoms with Crippen LogP contribution >= 0.6 is 11.3 Å². The van der Waals surface area contributed by atoms with Gasteiger partial charge in [0.05, 0.1) is 21.8 Å². The van der Waals surface area contributed by atoms with Gasteiger partial charge < -0.3 is 5.32 Å². The third-order valence-corrected chi connectivity index (χ3v) is 4.54. The van der Waals surface area contributed by atoms with Gasteiger partial charge in [0.1, 0.15) is 0 Å². The van der Waals surface area contributed by atoms with Crippen molar-refractivity contribution in [1.82, 2.24) is 10.3 Å². The van der Waals surface area contributed by atoms with Gasteiger partial charge in [-0.15, -0.1) is 11.3 Å². The second-order valence-corrected chi connectivity index (χ2v) is 6.25. The summed E-state index contributed by atoms with van der Waals surface area (Å²) in [5.41, 5.74) is 3.53. The number of carbonyl (C=O) groups is 1. The summed E-state index contributed by atoms with van der Waals surface area (Å²) in [7, 11) is 0. The number of nitrogens with one attached hydrogen (secondary N) is 1. The first kappa shape index (κ1) is 15.4. The molecule has 4 heteroatoms. The maximum atomic E-state index is 12.3. The van der Waals surface area contributed by atoms with Gasteiger partial charge in [0.25, 0.3) is 5.91 Å². The second kappa shape index (κ2) is 7.20. The Morgan fingerprint density at radius 3 is 2.61 bits per heavy atom. The molecular weight excluding hydrogens is 304 g/mol. The van der Waals surface area contributed by atoms with E-state index < -0.39 is 0 Å². The first-order valence-corrected chi connectivity index (χ1v) is 8.45. The van der Waals surface area contributed by atoms with E-state index in [1.165, 1.54) is 5.56 Å². The Balaban J connectivity index is 1.63. The fourth-order valence-electron chi connectivity index (χ4n) is 2.42. The number of amides is 1. The molecule has 3 rings (SSSR count). The maximum Gasteiger partial charge on any atom is 0.253 e. The highest BCUT2D eigenvalue weighted by molar-refractivity contribution is 7.13. The highest BCUT2D eigenvalue weighted by atomic mass is 32.1. The number of rotatable bonds is 5. The Morgan fingerprint density at radius 1 is 1.09 bits per heavy atom. The zero-order chi connectivity index (χ0) is 16.1. The van der Waals surface area contributed by atoms with E-state index in [-0.39, 0.29) is 5.91 Å². The van der Waals surface area contributed by atoms with Gasteiger partial charge in [0.2, 0.25) is 0 Å². The summed E-state index contributed by atoms with van der Waals surface area (Å²) in [5.74, 6) is -0.0661. The highest BCUT2D eigenvalue weighted by Crippen LogP contribution is 2.23.